The minimum atomic E-state index is -3.44. The van der Waals surface area contributed by atoms with Crippen molar-refractivity contribution in [1.29, 1.82) is 0 Å². The van der Waals surface area contributed by atoms with Crippen LogP contribution in [0.4, 0.5) is 0 Å². The smallest absolute Gasteiger partial charge is 0.236 e. The maximum atomic E-state index is 11.0. The Morgan fingerprint density at radius 2 is 1.94 bits per heavy atom. The van der Waals surface area contributed by atoms with Gasteiger partial charge in [0, 0.05) is 16.7 Å². The van der Waals surface area contributed by atoms with E-state index in [1.807, 2.05) is 0 Å². The van der Waals surface area contributed by atoms with Gasteiger partial charge in [-0.3, -0.25) is 0 Å². The second kappa shape index (κ2) is 5.52. The highest BCUT2D eigenvalue weighted by atomic mass is 35.7. The standard InChI is InChI=1S/C11H20ClNO2S/c1-9(2)13-6-4-11(5-7-13)10(3)8-16(12,14)15/h9,11H,3-8H2,1-2H3. The van der Waals surface area contributed by atoms with Gasteiger partial charge in [0.1, 0.15) is 0 Å². The predicted molar refractivity (Wildman–Crippen MR) is 68.2 cm³/mol. The lowest BCUT2D eigenvalue weighted by atomic mass is 9.90. The van der Waals surface area contributed by atoms with Crippen molar-refractivity contribution in [3.8, 4) is 0 Å². The highest BCUT2D eigenvalue weighted by Crippen LogP contribution is 2.26. The lowest BCUT2D eigenvalue weighted by molar-refractivity contribution is 0.161. The van der Waals surface area contributed by atoms with Crippen molar-refractivity contribution < 1.29 is 8.42 Å². The minimum absolute atomic E-state index is 0.0824. The first-order chi connectivity index (χ1) is 7.29. The van der Waals surface area contributed by atoms with Gasteiger partial charge in [0.05, 0.1) is 5.75 Å². The second-order valence-electron chi connectivity index (χ2n) is 4.75. The maximum Gasteiger partial charge on any atom is 0.236 e. The van der Waals surface area contributed by atoms with Gasteiger partial charge in [-0.05, 0) is 45.7 Å². The van der Waals surface area contributed by atoms with Crippen LogP contribution in [0.1, 0.15) is 26.7 Å². The number of halogens is 1. The summed E-state index contributed by atoms with van der Waals surface area (Å²) < 4.78 is 21.9. The van der Waals surface area contributed by atoms with E-state index in [0.717, 1.165) is 31.5 Å². The SMILES string of the molecule is C=C(CS(=O)(=O)Cl)C1CCN(C(C)C)CC1. The largest absolute Gasteiger partial charge is 0.301 e. The second-order valence-corrected chi connectivity index (χ2v) is 7.52. The van der Waals surface area contributed by atoms with Gasteiger partial charge in [-0.2, -0.15) is 0 Å². The molecule has 0 aromatic heterocycles. The summed E-state index contributed by atoms with van der Waals surface area (Å²) in [6.07, 6.45) is 1.98. The molecule has 0 bridgehead atoms. The van der Waals surface area contributed by atoms with E-state index in [-0.39, 0.29) is 5.75 Å². The van der Waals surface area contributed by atoms with Gasteiger partial charge in [0.25, 0.3) is 0 Å². The minimum Gasteiger partial charge on any atom is -0.301 e. The molecule has 0 aliphatic carbocycles. The van der Waals surface area contributed by atoms with Crippen molar-refractivity contribution in [2.24, 2.45) is 5.92 Å². The first-order valence-electron chi connectivity index (χ1n) is 5.63. The van der Waals surface area contributed by atoms with Gasteiger partial charge in [-0.15, -0.1) is 0 Å². The third-order valence-electron chi connectivity index (χ3n) is 3.19. The molecule has 0 aromatic rings. The monoisotopic (exact) mass is 265 g/mol. The van der Waals surface area contributed by atoms with E-state index in [4.69, 9.17) is 10.7 Å². The van der Waals surface area contributed by atoms with E-state index in [0.29, 0.717) is 12.0 Å². The lowest BCUT2D eigenvalue weighted by Crippen LogP contribution is -2.39. The van der Waals surface area contributed by atoms with Crippen LogP contribution in [0.25, 0.3) is 0 Å². The van der Waals surface area contributed by atoms with Crippen LogP contribution in [0.5, 0.6) is 0 Å². The Morgan fingerprint density at radius 3 is 2.31 bits per heavy atom. The number of piperidine rings is 1. The zero-order valence-corrected chi connectivity index (χ0v) is 11.5. The van der Waals surface area contributed by atoms with E-state index in [1.54, 1.807) is 0 Å². The molecule has 1 heterocycles. The summed E-state index contributed by atoms with van der Waals surface area (Å²) in [5.41, 5.74) is 0.762. The summed E-state index contributed by atoms with van der Waals surface area (Å²) in [5, 5.41) is 0. The molecule has 0 saturated carbocycles. The zero-order valence-electron chi connectivity index (χ0n) is 9.95. The molecule has 1 saturated heterocycles. The topological polar surface area (TPSA) is 37.4 Å². The summed E-state index contributed by atoms with van der Waals surface area (Å²) in [4.78, 5) is 2.40. The van der Waals surface area contributed by atoms with Gasteiger partial charge in [-0.1, -0.05) is 12.2 Å². The normalized spacial score (nSPS) is 20.2. The van der Waals surface area contributed by atoms with Gasteiger partial charge >= 0.3 is 0 Å². The number of likely N-dealkylation sites (tertiary alicyclic amines) is 1. The maximum absolute atomic E-state index is 11.0. The van der Waals surface area contributed by atoms with Crippen LogP contribution in [0.15, 0.2) is 12.2 Å². The van der Waals surface area contributed by atoms with Gasteiger partial charge in [-0.25, -0.2) is 8.42 Å². The van der Waals surface area contributed by atoms with Crippen molar-refractivity contribution in [2.45, 2.75) is 32.7 Å². The summed E-state index contributed by atoms with van der Waals surface area (Å²) in [7, 11) is 1.78. The molecule has 0 N–H and O–H groups in total. The van der Waals surface area contributed by atoms with E-state index in [9.17, 15) is 8.42 Å². The summed E-state index contributed by atoms with van der Waals surface area (Å²) in [6.45, 7) is 10.2. The Bertz CT molecular complexity index is 343. The third kappa shape index (κ3) is 4.44. The molecule has 1 aliphatic rings. The van der Waals surface area contributed by atoms with Gasteiger partial charge < -0.3 is 4.90 Å². The first kappa shape index (κ1) is 14.0. The van der Waals surface area contributed by atoms with Crippen molar-refractivity contribution in [3.63, 3.8) is 0 Å². The quantitative estimate of drug-likeness (QED) is 0.578. The van der Waals surface area contributed by atoms with E-state index >= 15 is 0 Å². The number of hydrogen-bond acceptors (Lipinski definition) is 3. The highest BCUT2D eigenvalue weighted by Gasteiger charge is 2.24. The Hall–Kier alpha value is -0.0600. The molecule has 0 atom stereocenters. The molecular weight excluding hydrogens is 246 g/mol. The zero-order chi connectivity index (χ0) is 12.3. The molecule has 0 radical (unpaired) electrons. The fourth-order valence-electron chi connectivity index (χ4n) is 2.16. The number of hydrogen-bond donors (Lipinski definition) is 0. The number of nitrogens with zero attached hydrogens (tertiary/aromatic N) is 1. The lowest BCUT2D eigenvalue weighted by Gasteiger charge is -2.35. The Kier molecular flexibility index (Phi) is 4.83. The number of rotatable bonds is 4. The van der Waals surface area contributed by atoms with Crippen molar-refractivity contribution in [1.82, 2.24) is 4.90 Å². The molecule has 16 heavy (non-hydrogen) atoms. The van der Waals surface area contributed by atoms with E-state index in [1.165, 1.54) is 0 Å². The predicted octanol–water partition coefficient (Wildman–Crippen LogP) is 2.23. The Labute approximate surface area is 103 Å². The molecule has 3 nitrogen and oxygen atoms in total. The Morgan fingerprint density at radius 1 is 1.44 bits per heavy atom. The fraction of sp³-hybridized carbons (Fsp3) is 0.818. The van der Waals surface area contributed by atoms with Crippen LogP contribution in [0.3, 0.4) is 0 Å². The molecule has 1 rings (SSSR count). The first-order valence-corrected chi connectivity index (χ1v) is 8.11. The van der Waals surface area contributed by atoms with Crippen molar-refractivity contribution >= 4 is 19.7 Å². The van der Waals surface area contributed by atoms with E-state index in [2.05, 4.69) is 25.3 Å². The van der Waals surface area contributed by atoms with Crippen molar-refractivity contribution in [2.75, 3.05) is 18.8 Å². The average Bonchev–Trinajstić information content (AvgIpc) is 2.15. The van der Waals surface area contributed by atoms with Crippen LogP contribution in [0.2, 0.25) is 0 Å². The van der Waals surface area contributed by atoms with Crippen molar-refractivity contribution in [3.05, 3.63) is 12.2 Å². The molecule has 0 amide bonds. The van der Waals surface area contributed by atoms with Crippen LogP contribution in [-0.4, -0.2) is 38.2 Å². The summed E-state index contributed by atoms with van der Waals surface area (Å²) >= 11 is 0. The molecule has 0 aromatic carbocycles. The molecule has 1 fully saturated rings. The summed E-state index contributed by atoms with van der Waals surface area (Å²) in [5.74, 6) is 0.226. The van der Waals surface area contributed by atoms with Crippen LogP contribution in [-0.2, 0) is 9.05 Å². The highest BCUT2D eigenvalue weighted by molar-refractivity contribution is 8.13. The van der Waals surface area contributed by atoms with Crippen LogP contribution >= 0.6 is 10.7 Å². The molecule has 94 valence electrons. The Balaban J connectivity index is 2.45. The molecular formula is C11H20ClNO2S. The van der Waals surface area contributed by atoms with E-state index < -0.39 is 9.05 Å². The van der Waals surface area contributed by atoms with Gasteiger partial charge in [0.2, 0.25) is 9.05 Å². The molecule has 0 unspecified atom stereocenters. The van der Waals surface area contributed by atoms with Gasteiger partial charge in [0.15, 0.2) is 0 Å². The fourth-order valence-corrected chi connectivity index (χ4v) is 3.26. The molecule has 1 aliphatic heterocycles. The third-order valence-corrected chi connectivity index (χ3v) is 4.24. The molecule has 5 heteroatoms. The van der Waals surface area contributed by atoms with Crippen LogP contribution in [0, 0.1) is 5.92 Å². The van der Waals surface area contributed by atoms with Crippen LogP contribution < -0.4 is 0 Å². The molecule has 0 spiro atoms. The average molecular weight is 266 g/mol. The summed E-state index contributed by atoms with van der Waals surface area (Å²) in [6, 6.07) is 0.561.